The fraction of sp³-hybridized carbons (Fsp3) is 0.533. The zero-order valence-corrected chi connectivity index (χ0v) is 13.5. The molecule has 0 N–H and O–H groups in total. The number of halogens is 1. The van der Waals surface area contributed by atoms with Crippen molar-refractivity contribution in [3.05, 3.63) is 23.8 Å². The first-order valence-corrected chi connectivity index (χ1v) is 9.37. The molecule has 0 bridgehead atoms. The lowest BCUT2D eigenvalue weighted by Crippen LogP contribution is -2.35. The van der Waals surface area contributed by atoms with E-state index in [1.807, 2.05) is 0 Å². The SMILES string of the molecule is CS(=O)(=O)c1ccc(C(=O)Cl)c(N2CCC3(CC2)CC3)c1. The molecule has 0 aromatic heterocycles. The molecule has 1 spiro atoms. The molecule has 0 radical (unpaired) electrons. The van der Waals surface area contributed by atoms with Gasteiger partial charge in [-0.3, -0.25) is 4.79 Å². The summed E-state index contributed by atoms with van der Waals surface area (Å²) in [4.78, 5) is 13.9. The second-order valence-electron chi connectivity index (χ2n) is 6.21. The van der Waals surface area contributed by atoms with Gasteiger partial charge < -0.3 is 4.90 Å². The number of hydrogen-bond donors (Lipinski definition) is 0. The van der Waals surface area contributed by atoms with Gasteiger partial charge in [0.15, 0.2) is 9.84 Å². The van der Waals surface area contributed by atoms with Crippen LogP contribution < -0.4 is 4.90 Å². The normalized spacial score (nSPS) is 20.6. The highest BCUT2D eigenvalue weighted by atomic mass is 35.5. The highest BCUT2D eigenvalue weighted by Crippen LogP contribution is 2.54. The molecule has 1 aromatic carbocycles. The molecule has 6 heteroatoms. The maximum absolute atomic E-state index is 11.7. The van der Waals surface area contributed by atoms with E-state index in [-0.39, 0.29) is 4.90 Å². The van der Waals surface area contributed by atoms with Gasteiger partial charge in [-0.05, 0) is 60.9 Å². The van der Waals surface area contributed by atoms with Crippen molar-refractivity contribution in [3.63, 3.8) is 0 Å². The Bertz CT molecular complexity index is 685. The van der Waals surface area contributed by atoms with E-state index < -0.39 is 15.1 Å². The zero-order valence-electron chi connectivity index (χ0n) is 11.9. The third kappa shape index (κ3) is 2.94. The summed E-state index contributed by atoms with van der Waals surface area (Å²) in [7, 11) is -3.30. The molecule has 1 heterocycles. The number of carbonyl (C=O) groups excluding carboxylic acids is 1. The van der Waals surface area contributed by atoms with Crippen molar-refractivity contribution in [2.24, 2.45) is 5.41 Å². The molecule has 4 nitrogen and oxygen atoms in total. The smallest absolute Gasteiger partial charge is 0.254 e. The van der Waals surface area contributed by atoms with Gasteiger partial charge in [0.05, 0.1) is 16.1 Å². The van der Waals surface area contributed by atoms with Crippen LogP contribution in [0.25, 0.3) is 0 Å². The molecule has 1 aromatic rings. The van der Waals surface area contributed by atoms with Crippen LogP contribution in [0.3, 0.4) is 0 Å². The van der Waals surface area contributed by atoms with Crippen molar-refractivity contribution in [1.29, 1.82) is 0 Å². The number of sulfone groups is 1. The van der Waals surface area contributed by atoms with Crippen molar-refractivity contribution < 1.29 is 13.2 Å². The number of anilines is 1. The lowest BCUT2D eigenvalue weighted by atomic mass is 9.93. The van der Waals surface area contributed by atoms with Crippen LogP contribution in [0.2, 0.25) is 0 Å². The monoisotopic (exact) mass is 327 g/mol. The Morgan fingerprint density at radius 1 is 1.19 bits per heavy atom. The van der Waals surface area contributed by atoms with Crippen LogP contribution >= 0.6 is 11.6 Å². The Kier molecular flexibility index (Phi) is 3.53. The van der Waals surface area contributed by atoms with E-state index in [0.29, 0.717) is 16.7 Å². The second-order valence-corrected chi connectivity index (χ2v) is 8.57. The molecular formula is C15H18ClNO3S. The molecule has 2 fully saturated rings. The van der Waals surface area contributed by atoms with Crippen LogP contribution in [-0.2, 0) is 9.84 Å². The van der Waals surface area contributed by atoms with Gasteiger partial charge in [0, 0.05) is 19.3 Å². The number of hydrogen-bond acceptors (Lipinski definition) is 4. The van der Waals surface area contributed by atoms with E-state index in [2.05, 4.69) is 4.90 Å². The maximum atomic E-state index is 11.7. The summed E-state index contributed by atoms with van der Waals surface area (Å²) < 4.78 is 23.5. The van der Waals surface area contributed by atoms with Crippen LogP contribution in [0.1, 0.15) is 36.0 Å². The summed E-state index contributed by atoms with van der Waals surface area (Å²) in [6, 6.07) is 4.54. The van der Waals surface area contributed by atoms with Crippen LogP contribution in [0.4, 0.5) is 5.69 Å². The lowest BCUT2D eigenvalue weighted by molar-refractivity contribution is 0.108. The van der Waals surface area contributed by atoms with E-state index in [0.717, 1.165) is 25.9 Å². The molecule has 1 saturated heterocycles. The van der Waals surface area contributed by atoms with Crippen molar-refractivity contribution in [2.75, 3.05) is 24.2 Å². The third-order valence-electron chi connectivity index (χ3n) is 4.73. The number of benzene rings is 1. The van der Waals surface area contributed by atoms with Crippen molar-refractivity contribution in [2.45, 2.75) is 30.6 Å². The van der Waals surface area contributed by atoms with E-state index in [4.69, 9.17) is 11.6 Å². The summed E-state index contributed by atoms with van der Waals surface area (Å²) in [5.41, 5.74) is 1.56. The minimum absolute atomic E-state index is 0.228. The number of rotatable bonds is 3. The Labute approximate surface area is 130 Å². The molecule has 1 aliphatic carbocycles. The molecule has 0 atom stereocenters. The maximum Gasteiger partial charge on any atom is 0.254 e. The fourth-order valence-corrected chi connectivity index (χ4v) is 3.87. The first-order valence-electron chi connectivity index (χ1n) is 7.10. The van der Waals surface area contributed by atoms with Gasteiger partial charge in [-0.15, -0.1) is 0 Å². The minimum Gasteiger partial charge on any atom is -0.371 e. The van der Waals surface area contributed by atoms with E-state index in [9.17, 15) is 13.2 Å². The highest BCUT2D eigenvalue weighted by molar-refractivity contribution is 7.90. The lowest BCUT2D eigenvalue weighted by Gasteiger charge is -2.34. The van der Waals surface area contributed by atoms with Crippen LogP contribution in [0, 0.1) is 5.41 Å². The van der Waals surface area contributed by atoms with E-state index in [1.165, 1.54) is 31.2 Å². The van der Waals surface area contributed by atoms with Gasteiger partial charge in [-0.25, -0.2) is 8.42 Å². The molecule has 2 aliphatic rings. The molecule has 0 unspecified atom stereocenters. The van der Waals surface area contributed by atoms with Gasteiger partial charge in [0.1, 0.15) is 0 Å². The van der Waals surface area contributed by atoms with Gasteiger partial charge >= 0.3 is 0 Å². The van der Waals surface area contributed by atoms with Gasteiger partial charge in [0.2, 0.25) is 0 Å². The van der Waals surface area contributed by atoms with Crippen LogP contribution in [0.15, 0.2) is 23.1 Å². The quantitative estimate of drug-likeness (QED) is 0.801. The Balaban J connectivity index is 1.96. The van der Waals surface area contributed by atoms with E-state index in [1.54, 1.807) is 6.07 Å². The standard InChI is InChI=1S/C15H18ClNO3S/c1-21(19,20)11-2-3-12(14(16)18)13(10-11)17-8-6-15(4-5-15)7-9-17/h2-3,10H,4-9H2,1H3. The van der Waals surface area contributed by atoms with Crippen molar-refractivity contribution >= 4 is 32.4 Å². The van der Waals surface area contributed by atoms with E-state index >= 15 is 0 Å². The molecule has 21 heavy (non-hydrogen) atoms. The molecule has 1 aliphatic heterocycles. The summed E-state index contributed by atoms with van der Waals surface area (Å²) >= 11 is 5.65. The average Bonchev–Trinajstić information content (AvgIpc) is 3.17. The summed E-state index contributed by atoms with van der Waals surface area (Å²) in [5, 5.41) is -0.545. The zero-order chi connectivity index (χ0) is 15.3. The predicted octanol–water partition coefficient (Wildman–Crippen LogP) is 2.85. The number of piperidine rings is 1. The van der Waals surface area contributed by atoms with Crippen molar-refractivity contribution in [1.82, 2.24) is 0 Å². The van der Waals surface area contributed by atoms with Gasteiger partial charge in [-0.1, -0.05) is 0 Å². The summed E-state index contributed by atoms with van der Waals surface area (Å²) in [6.07, 6.45) is 5.97. The second kappa shape index (κ2) is 4.99. The predicted molar refractivity (Wildman–Crippen MR) is 82.8 cm³/mol. The summed E-state index contributed by atoms with van der Waals surface area (Å²) in [5.74, 6) is 0. The average molecular weight is 328 g/mol. The summed E-state index contributed by atoms with van der Waals surface area (Å²) in [6.45, 7) is 1.70. The molecule has 114 valence electrons. The third-order valence-corrected chi connectivity index (χ3v) is 6.04. The minimum atomic E-state index is -3.30. The number of nitrogens with zero attached hydrogens (tertiary/aromatic N) is 1. The Morgan fingerprint density at radius 3 is 2.29 bits per heavy atom. The number of carbonyl (C=O) groups is 1. The Morgan fingerprint density at radius 2 is 1.81 bits per heavy atom. The molecule has 3 rings (SSSR count). The fourth-order valence-electron chi connectivity index (χ4n) is 3.07. The Hall–Kier alpha value is -1.07. The van der Waals surface area contributed by atoms with Crippen LogP contribution in [-0.4, -0.2) is 33.0 Å². The molecule has 1 saturated carbocycles. The van der Waals surface area contributed by atoms with Crippen molar-refractivity contribution in [3.8, 4) is 0 Å². The largest absolute Gasteiger partial charge is 0.371 e. The molecular weight excluding hydrogens is 310 g/mol. The topological polar surface area (TPSA) is 54.5 Å². The van der Waals surface area contributed by atoms with Gasteiger partial charge in [-0.2, -0.15) is 0 Å². The highest BCUT2D eigenvalue weighted by Gasteiger charge is 2.44. The first-order chi connectivity index (χ1) is 9.81. The molecule has 0 amide bonds. The van der Waals surface area contributed by atoms with Gasteiger partial charge in [0.25, 0.3) is 5.24 Å². The van der Waals surface area contributed by atoms with Crippen LogP contribution in [0.5, 0.6) is 0 Å². The first kappa shape index (κ1) is 14.9.